The lowest BCUT2D eigenvalue weighted by Gasteiger charge is -2.33. The van der Waals surface area contributed by atoms with Gasteiger partial charge in [-0.2, -0.15) is 0 Å². The first-order valence-electron chi connectivity index (χ1n) is 9.72. The molecule has 1 aliphatic rings. The van der Waals surface area contributed by atoms with Crippen LogP contribution >= 0.6 is 11.3 Å². The van der Waals surface area contributed by atoms with Gasteiger partial charge in [0.25, 0.3) is 0 Å². The molecular formula is C24H27FO3S. The second-order valence-corrected chi connectivity index (χ2v) is 8.34. The lowest BCUT2D eigenvalue weighted by atomic mass is 9.92. The van der Waals surface area contributed by atoms with E-state index in [1.807, 2.05) is 55.5 Å². The highest BCUT2D eigenvalue weighted by Gasteiger charge is 2.30. The van der Waals surface area contributed by atoms with Gasteiger partial charge in [-0.3, -0.25) is 0 Å². The summed E-state index contributed by atoms with van der Waals surface area (Å²) in [6, 6.07) is 15.5. The fourth-order valence-corrected chi connectivity index (χ4v) is 4.80. The normalized spacial score (nSPS) is 22.7. The number of thiophene rings is 1. The molecule has 29 heavy (non-hydrogen) atoms. The van der Waals surface area contributed by atoms with E-state index >= 15 is 4.39 Å². The Labute approximate surface area is 175 Å². The van der Waals surface area contributed by atoms with E-state index in [2.05, 4.69) is 13.2 Å². The molecule has 2 aromatic carbocycles. The van der Waals surface area contributed by atoms with Crippen molar-refractivity contribution < 1.29 is 19.3 Å². The Morgan fingerprint density at radius 1 is 1.17 bits per heavy atom. The maximum Gasteiger partial charge on any atom is 0.160 e. The van der Waals surface area contributed by atoms with Crippen LogP contribution in [0.25, 0.3) is 10.1 Å². The van der Waals surface area contributed by atoms with Gasteiger partial charge in [0, 0.05) is 22.4 Å². The summed E-state index contributed by atoms with van der Waals surface area (Å²) < 4.78 is 22.4. The van der Waals surface area contributed by atoms with Crippen molar-refractivity contribution >= 4 is 21.4 Å². The third-order valence-corrected chi connectivity index (χ3v) is 6.38. The first-order chi connectivity index (χ1) is 14.0. The molecular weight excluding hydrogens is 387 g/mol. The monoisotopic (exact) mass is 414 g/mol. The minimum Gasteiger partial charge on any atom is -0.394 e. The highest BCUT2D eigenvalue weighted by Crippen LogP contribution is 2.39. The molecule has 1 fully saturated rings. The molecule has 4 rings (SSSR count). The van der Waals surface area contributed by atoms with Crippen LogP contribution in [0.3, 0.4) is 0 Å². The number of benzene rings is 2. The fraction of sp³-hybridized carbons (Fsp3) is 0.333. The number of hydrogen-bond donors (Lipinski definition) is 2. The van der Waals surface area contributed by atoms with Gasteiger partial charge in [-0.15, -0.1) is 24.5 Å². The second kappa shape index (κ2) is 9.63. The molecule has 1 aromatic heterocycles. The molecule has 0 bridgehead atoms. The molecule has 3 unspecified atom stereocenters. The Bertz CT molecular complexity index is 921. The number of aryl methyl sites for hydroxylation is 1. The molecule has 0 aliphatic carbocycles. The average molecular weight is 415 g/mol. The molecule has 0 saturated carbocycles. The van der Waals surface area contributed by atoms with Crippen molar-refractivity contribution in [1.82, 2.24) is 0 Å². The van der Waals surface area contributed by atoms with Crippen molar-refractivity contribution in [2.45, 2.75) is 44.2 Å². The number of aliphatic hydroxyl groups is 2. The Morgan fingerprint density at radius 3 is 2.66 bits per heavy atom. The predicted molar refractivity (Wildman–Crippen MR) is 117 cm³/mol. The van der Waals surface area contributed by atoms with E-state index in [0.29, 0.717) is 23.3 Å². The molecule has 1 aliphatic heterocycles. The highest BCUT2D eigenvalue weighted by molar-refractivity contribution is 7.19. The molecule has 2 heterocycles. The largest absolute Gasteiger partial charge is 0.394 e. The quantitative estimate of drug-likeness (QED) is 0.543. The summed E-state index contributed by atoms with van der Waals surface area (Å²) in [6.45, 7) is 7.78. The van der Waals surface area contributed by atoms with E-state index < -0.39 is 12.3 Å². The maximum absolute atomic E-state index is 15.4. The Kier molecular flexibility index (Phi) is 7.19. The van der Waals surface area contributed by atoms with Crippen LogP contribution in [0.15, 0.2) is 61.7 Å². The SMILES string of the molecule is C=C.Cc1ccc([C@H]2CC(O)CC(CO)O2)cc1C(F)c1cc2ccccc2s1. The molecule has 1 saturated heterocycles. The second-order valence-electron chi connectivity index (χ2n) is 7.22. The van der Waals surface area contributed by atoms with Crippen LogP contribution in [-0.4, -0.2) is 29.0 Å². The first-order valence-corrected chi connectivity index (χ1v) is 10.5. The van der Waals surface area contributed by atoms with Crippen molar-refractivity contribution in [2.75, 3.05) is 6.61 Å². The van der Waals surface area contributed by atoms with E-state index in [0.717, 1.165) is 21.2 Å². The van der Waals surface area contributed by atoms with Crippen molar-refractivity contribution in [1.29, 1.82) is 0 Å². The zero-order chi connectivity index (χ0) is 21.0. The first kappa shape index (κ1) is 21.7. The highest BCUT2D eigenvalue weighted by atomic mass is 32.1. The molecule has 0 radical (unpaired) electrons. The van der Waals surface area contributed by atoms with Crippen LogP contribution in [0.2, 0.25) is 0 Å². The number of ether oxygens (including phenoxy) is 1. The molecule has 154 valence electrons. The number of hydrogen-bond acceptors (Lipinski definition) is 4. The van der Waals surface area contributed by atoms with Gasteiger partial charge in [0.1, 0.15) is 0 Å². The summed E-state index contributed by atoms with van der Waals surface area (Å²) in [5.41, 5.74) is 2.36. The Balaban J connectivity index is 0.00000117. The van der Waals surface area contributed by atoms with Crippen LogP contribution in [0.1, 0.15) is 46.7 Å². The number of alkyl halides is 1. The number of rotatable bonds is 4. The summed E-state index contributed by atoms with van der Waals surface area (Å²) in [5.74, 6) is 0. The molecule has 5 heteroatoms. The summed E-state index contributed by atoms with van der Waals surface area (Å²) in [4.78, 5) is 0.689. The summed E-state index contributed by atoms with van der Waals surface area (Å²) in [5, 5.41) is 20.5. The number of fused-ring (bicyclic) bond motifs is 1. The number of aliphatic hydroxyl groups excluding tert-OH is 2. The minimum absolute atomic E-state index is 0.125. The smallest absolute Gasteiger partial charge is 0.160 e. The van der Waals surface area contributed by atoms with E-state index in [9.17, 15) is 10.2 Å². The van der Waals surface area contributed by atoms with Gasteiger partial charge in [-0.05, 0) is 47.2 Å². The molecule has 2 N–H and O–H groups in total. The van der Waals surface area contributed by atoms with Gasteiger partial charge in [0.2, 0.25) is 0 Å². The van der Waals surface area contributed by atoms with Crippen LogP contribution in [0, 0.1) is 6.92 Å². The lowest BCUT2D eigenvalue weighted by molar-refractivity contribution is -0.113. The van der Waals surface area contributed by atoms with Gasteiger partial charge >= 0.3 is 0 Å². The van der Waals surface area contributed by atoms with Crippen molar-refractivity contribution in [3.8, 4) is 0 Å². The third kappa shape index (κ3) is 4.75. The Hall–Kier alpha value is -2.05. The van der Waals surface area contributed by atoms with Gasteiger partial charge in [-0.25, -0.2) is 4.39 Å². The molecule has 0 amide bonds. The standard InChI is InChI=1S/C22H23FO3S.C2H4/c1-13-6-7-14(19-11-16(25)10-17(12-24)26-19)8-18(13)22(23)21-9-15-4-2-3-5-20(15)27-21;1-2/h2-9,16-17,19,22,24-25H,10-12H2,1H3;1-2H2/t16?,17?,19-,22?;/m1./s1. The zero-order valence-corrected chi connectivity index (χ0v) is 17.4. The van der Waals surface area contributed by atoms with Gasteiger partial charge < -0.3 is 14.9 Å². The van der Waals surface area contributed by atoms with Crippen LogP contribution in [0.5, 0.6) is 0 Å². The average Bonchev–Trinajstić information content (AvgIpc) is 3.19. The van der Waals surface area contributed by atoms with Crippen molar-refractivity contribution in [3.63, 3.8) is 0 Å². The van der Waals surface area contributed by atoms with Gasteiger partial charge in [-0.1, -0.05) is 30.3 Å². The maximum atomic E-state index is 15.4. The third-order valence-electron chi connectivity index (χ3n) is 5.22. The molecule has 3 aromatic rings. The van der Waals surface area contributed by atoms with E-state index in [1.165, 1.54) is 11.3 Å². The molecule has 0 spiro atoms. The minimum atomic E-state index is -1.20. The zero-order valence-electron chi connectivity index (χ0n) is 16.6. The van der Waals surface area contributed by atoms with E-state index in [-0.39, 0.29) is 18.8 Å². The topological polar surface area (TPSA) is 49.7 Å². The predicted octanol–water partition coefficient (Wildman–Crippen LogP) is 5.64. The van der Waals surface area contributed by atoms with Crippen molar-refractivity contribution in [3.05, 3.63) is 83.3 Å². The fourth-order valence-electron chi connectivity index (χ4n) is 3.74. The van der Waals surface area contributed by atoms with E-state index in [1.54, 1.807) is 0 Å². The van der Waals surface area contributed by atoms with E-state index in [4.69, 9.17) is 4.74 Å². The van der Waals surface area contributed by atoms with Crippen LogP contribution in [0.4, 0.5) is 4.39 Å². The lowest BCUT2D eigenvalue weighted by Crippen LogP contribution is -2.33. The molecule has 3 nitrogen and oxygen atoms in total. The summed E-state index contributed by atoms with van der Waals surface area (Å²) >= 11 is 1.48. The Morgan fingerprint density at radius 2 is 1.93 bits per heavy atom. The molecule has 4 atom stereocenters. The summed E-state index contributed by atoms with van der Waals surface area (Å²) in [7, 11) is 0. The van der Waals surface area contributed by atoms with Crippen LogP contribution in [-0.2, 0) is 4.74 Å². The number of halogens is 1. The van der Waals surface area contributed by atoms with Crippen molar-refractivity contribution in [2.24, 2.45) is 0 Å². The van der Waals surface area contributed by atoms with Gasteiger partial charge in [0.05, 0.1) is 24.9 Å². The van der Waals surface area contributed by atoms with Gasteiger partial charge in [0.15, 0.2) is 6.17 Å². The summed E-state index contributed by atoms with van der Waals surface area (Å²) in [6.07, 6.45) is -1.55. The van der Waals surface area contributed by atoms with Crippen LogP contribution < -0.4 is 0 Å².